The molecule has 4 heteroatoms. The standard InChI is InChI=1S/C12H16ClNO2/c1-9(2)16-11-6-10(7-14-8-11)12(15)4-3-5-13/h6-9H,3-5H2,1-2H3. The molecule has 0 radical (unpaired) electrons. The lowest BCUT2D eigenvalue weighted by atomic mass is 10.1. The third-order valence-electron chi connectivity index (χ3n) is 1.94. The van der Waals surface area contributed by atoms with Crippen LogP contribution in [0.3, 0.4) is 0 Å². The summed E-state index contributed by atoms with van der Waals surface area (Å²) in [5.74, 6) is 1.19. The zero-order valence-electron chi connectivity index (χ0n) is 9.57. The van der Waals surface area contributed by atoms with Crippen LogP contribution in [0.25, 0.3) is 0 Å². The molecule has 0 atom stereocenters. The quantitative estimate of drug-likeness (QED) is 0.568. The first-order chi connectivity index (χ1) is 7.63. The monoisotopic (exact) mass is 241 g/mol. The number of carbonyl (C=O) groups excluding carboxylic acids is 1. The Kier molecular flexibility index (Phi) is 5.26. The van der Waals surface area contributed by atoms with Gasteiger partial charge in [-0.2, -0.15) is 0 Å². The van der Waals surface area contributed by atoms with E-state index in [0.29, 0.717) is 30.0 Å². The van der Waals surface area contributed by atoms with Gasteiger partial charge in [0.05, 0.1) is 12.3 Å². The lowest BCUT2D eigenvalue weighted by molar-refractivity contribution is 0.0981. The first-order valence-corrected chi connectivity index (χ1v) is 5.88. The SMILES string of the molecule is CC(C)Oc1cncc(C(=O)CCCCl)c1. The smallest absolute Gasteiger partial charge is 0.164 e. The molecule has 0 unspecified atom stereocenters. The number of ketones is 1. The third-order valence-corrected chi connectivity index (χ3v) is 2.21. The number of pyridine rings is 1. The molecule has 88 valence electrons. The number of carbonyl (C=O) groups is 1. The summed E-state index contributed by atoms with van der Waals surface area (Å²) in [5, 5.41) is 0. The van der Waals surface area contributed by atoms with Gasteiger partial charge in [-0.05, 0) is 26.3 Å². The van der Waals surface area contributed by atoms with Crippen molar-refractivity contribution in [1.82, 2.24) is 4.98 Å². The molecule has 1 aromatic heterocycles. The van der Waals surface area contributed by atoms with E-state index in [1.54, 1.807) is 18.5 Å². The predicted octanol–water partition coefficient (Wildman–Crippen LogP) is 3.07. The third kappa shape index (κ3) is 4.19. The van der Waals surface area contributed by atoms with Crippen molar-refractivity contribution >= 4 is 17.4 Å². The normalized spacial score (nSPS) is 10.5. The van der Waals surface area contributed by atoms with Crippen LogP contribution in [0.4, 0.5) is 0 Å². The minimum Gasteiger partial charge on any atom is -0.489 e. The maximum atomic E-state index is 11.7. The van der Waals surface area contributed by atoms with E-state index in [4.69, 9.17) is 16.3 Å². The van der Waals surface area contributed by atoms with E-state index in [-0.39, 0.29) is 11.9 Å². The highest BCUT2D eigenvalue weighted by Crippen LogP contribution is 2.14. The van der Waals surface area contributed by atoms with Crippen molar-refractivity contribution in [1.29, 1.82) is 0 Å². The summed E-state index contributed by atoms with van der Waals surface area (Å²) in [6, 6.07) is 1.73. The van der Waals surface area contributed by atoms with Crippen molar-refractivity contribution in [2.45, 2.75) is 32.8 Å². The highest BCUT2D eigenvalue weighted by Gasteiger charge is 2.07. The second-order valence-corrected chi connectivity index (χ2v) is 4.17. The van der Waals surface area contributed by atoms with Gasteiger partial charge in [0.2, 0.25) is 0 Å². The Hall–Kier alpha value is -1.09. The van der Waals surface area contributed by atoms with E-state index >= 15 is 0 Å². The molecule has 0 aromatic carbocycles. The van der Waals surface area contributed by atoms with Crippen LogP contribution in [0.15, 0.2) is 18.5 Å². The van der Waals surface area contributed by atoms with Crippen LogP contribution in [0.5, 0.6) is 5.75 Å². The van der Waals surface area contributed by atoms with E-state index in [0.717, 1.165) is 0 Å². The van der Waals surface area contributed by atoms with E-state index in [1.807, 2.05) is 13.8 Å². The molecule has 0 saturated heterocycles. The molecule has 3 nitrogen and oxygen atoms in total. The topological polar surface area (TPSA) is 39.2 Å². The van der Waals surface area contributed by atoms with Crippen LogP contribution in [0.2, 0.25) is 0 Å². The van der Waals surface area contributed by atoms with E-state index in [1.165, 1.54) is 0 Å². The molecular formula is C12H16ClNO2. The minimum atomic E-state index is 0.0577. The Bertz CT molecular complexity index is 353. The van der Waals surface area contributed by atoms with Gasteiger partial charge in [-0.25, -0.2) is 0 Å². The molecular weight excluding hydrogens is 226 g/mol. The van der Waals surface area contributed by atoms with E-state index < -0.39 is 0 Å². The largest absolute Gasteiger partial charge is 0.489 e. The second kappa shape index (κ2) is 6.48. The molecule has 0 fully saturated rings. The number of nitrogens with zero attached hydrogens (tertiary/aromatic N) is 1. The number of halogens is 1. The fourth-order valence-corrected chi connectivity index (χ4v) is 1.41. The zero-order valence-corrected chi connectivity index (χ0v) is 10.3. The van der Waals surface area contributed by atoms with Crippen LogP contribution in [0.1, 0.15) is 37.0 Å². The van der Waals surface area contributed by atoms with E-state index in [2.05, 4.69) is 4.98 Å². The fourth-order valence-electron chi connectivity index (χ4n) is 1.28. The Morgan fingerprint density at radius 3 is 2.88 bits per heavy atom. The van der Waals surface area contributed by atoms with Gasteiger partial charge in [-0.15, -0.1) is 11.6 Å². The maximum absolute atomic E-state index is 11.7. The number of hydrogen-bond donors (Lipinski definition) is 0. The summed E-state index contributed by atoms with van der Waals surface area (Å²) in [7, 11) is 0. The lowest BCUT2D eigenvalue weighted by Gasteiger charge is -2.09. The number of rotatable bonds is 6. The summed E-state index contributed by atoms with van der Waals surface area (Å²) in [5.41, 5.74) is 0.586. The van der Waals surface area contributed by atoms with Crippen LogP contribution in [0, 0.1) is 0 Å². The summed E-state index contributed by atoms with van der Waals surface area (Å²) in [6.45, 7) is 3.87. The fraction of sp³-hybridized carbons (Fsp3) is 0.500. The Balaban J connectivity index is 2.69. The molecule has 0 bridgehead atoms. The van der Waals surface area contributed by atoms with Crippen molar-refractivity contribution in [3.63, 3.8) is 0 Å². The molecule has 1 rings (SSSR count). The Morgan fingerprint density at radius 1 is 1.50 bits per heavy atom. The average molecular weight is 242 g/mol. The van der Waals surface area contributed by atoms with Crippen LogP contribution in [-0.2, 0) is 0 Å². The molecule has 0 aliphatic carbocycles. The highest BCUT2D eigenvalue weighted by atomic mass is 35.5. The molecule has 1 aromatic rings. The molecule has 0 aliphatic rings. The van der Waals surface area contributed by atoms with Crippen molar-refractivity contribution in [3.05, 3.63) is 24.0 Å². The van der Waals surface area contributed by atoms with Gasteiger partial charge < -0.3 is 4.74 Å². The van der Waals surface area contributed by atoms with Gasteiger partial charge in [0.25, 0.3) is 0 Å². The van der Waals surface area contributed by atoms with Crippen molar-refractivity contribution in [3.8, 4) is 5.75 Å². The first-order valence-electron chi connectivity index (χ1n) is 5.34. The van der Waals surface area contributed by atoms with Crippen LogP contribution >= 0.6 is 11.6 Å². The summed E-state index contributed by atoms with van der Waals surface area (Å²) < 4.78 is 5.47. The number of aromatic nitrogens is 1. The van der Waals surface area contributed by atoms with Gasteiger partial charge >= 0.3 is 0 Å². The van der Waals surface area contributed by atoms with Gasteiger partial charge in [0.1, 0.15) is 5.75 Å². The Morgan fingerprint density at radius 2 is 2.25 bits per heavy atom. The number of hydrogen-bond acceptors (Lipinski definition) is 3. The highest BCUT2D eigenvalue weighted by molar-refractivity contribution is 6.18. The number of Topliss-reactive ketones (excluding diaryl/α,β-unsaturated/α-hetero) is 1. The van der Waals surface area contributed by atoms with Gasteiger partial charge in [0.15, 0.2) is 5.78 Å². The van der Waals surface area contributed by atoms with Gasteiger partial charge in [-0.1, -0.05) is 0 Å². The zero-order chi connectivity index (χ0) is 12.0. The molecule has 0 N–H and O–H groups in total. The average Bonchev–Trinajstić information content (AvgIpc) is 2.25. The van der Waals surface area contributed by atoms with Crippen molar-refractivity contribution in [2.24, 2.45) is 0 Å². The maximum Gasteiger partial charge on any atom is 0.164 e. The van der Waals surface area contributed by atoms with Gasteiger partial charge in [0, 0.05) is 24.1 Å². The van der Waals surface area contributed by atoms with Gasteiger partial charge in [-0.3, -0.25) is 9.78 Å². The van der Waals surface area contributed by atoms with Crippen LogP contribution in [-0.4, -0.2) is 22.8 Å². The molecule has 0 amide bonds. The number of ether oxygens (including phenoxy) is 1. The Labute approximate surface area is 101 Å². The predicted molar refractivity (Wildman–Crippen MR) is 64.3 cm³/mol. The molecule has 0 aliphatic heterocycles. The second-order valence-electron chi connectivity index (χ2n) is 3.79. The molecule has 1 heterocycles. The van der Waals surface area contributed by atoms with Crippen LogP contribution < -0.4 is 4.74 Å². The summed E-state index contributed by atoms with van der Waals surface area (Å²) >= 11 is 5.54. The summed E-state index contributed by atoms with van der Waals surface area (Å²) in [4.78, 5) is 15.7. The summed E-state index contributed by atoms with van der Waals surface area (Å²) in [6.07, 6.45) is 4.39. The first kappa shape index (κ1) is 13.0. The molecule has 16 heavy (non-hydrogen) atoms. The minimum absolute atomic E-state index is 0.0577. The molecule has 0 saturated carbocycles. The lowest BCUT2D eigenvalue weighted by Crippen LogP contribution is -2.07. The van der Waals surface area contributed by atoms with E-state index in [9.17, 15) is 4.79 Å². The van der Waals surface area contributed by atoms with Crippen molar-refractivity contribution < 1.29 is 9.53 Å². The number of alkyl halides is 1. The molecule has 0 spiro atoms. The van der Waals surface area contributed by atoms with Crippen molar-refractivity contribution in [2.75, 3.05) is 5.88 Å².